The highest BCUT2D eigenvalue weighted by Crippen LogP contribution is 2.43. The lowest BCUT2D eigenvalue weighted by Gasteiger charge is -2.20. The molecular weight excluding hydrogens is 781 g/mol. The summed E-state index contributed by atoms with van der Waals surface area (Å²) < 4.78 is 32.6. The van der Waals surface area contributed by atoms with Crippen LogP contribution >= 0.6 is 7.82 Å². The molecule has 0 radical (unpaired) electrons. The first-order valence-corrected chi connectivity index (χ1v) is 24.1. The zero-order valence-electron chi connectivity index (χ0n) is 37.0. The average Bonchev–Trinajstić information content (AvgIpc) is 3.22. The molecule has 12 heteroatoms. The standard InChI is InChI=1S/C48H80NO10P/c1-3-5-7-9-11-13-15-17-19-21-22-24-25-27-29-31-33-35-37-39-46(50)56-41-44(42-57-60(54,55)58-43-45(49)48(52)53)59-47(51)40-38-36-34-32-30-28-26-23-20-18-16-14-12-10-8-6-4-2/h5,7,11,13,17,19,22,24,26-29,32,34,44-45H,3-4,6,8-10,12,14-16,18,20-21,23,25,30-31,33,35-43,49H2,1-2H3,(H,52,53)(H,54,55)/b7-5+,13-11+,19-17+,24-22+,28-26+,29-27+,34-32+/t44-,45+/m1/s1. The molecule has 0 bridgehead atoms. The first-order valence-electron chi connectivity index (χ1n) is 22.6. The molecule has 342 valence electrons. The Morgan fingerprint density at radius 3 is 1.45 bits per heavy atom. The van der Waals surface area contributed by atoms with E-state index in [9.17, 15) is 23.8 Å². The molecule has 0 aliphatic rings. The molecule has 0 fully saturated rings. The van der Waals surface area contributed by atoms with Gasteiger partial charge in [0.15, 0.2) is 6.10 Å². The molecule has 0 aromatic carbocycles. The van der Waals surface area contributed by atoms with Gasteiger partial charge in [-0.05, 0) is 83.5 Å². The highest BCUT2D eigenvalue weighted by Gasteiger charge is 2.28. The molecule has 0 spiro atoms. The van der Waals surface area contributed by atoms with Gasteiger partial charge in [-0.1, -0.05) is 157 Å². The number of ether oxygens (including phenoxy) is 2. The average molecular weight is 862 g/mol. The van der Waals surface area contributed by atoms with Gasteiger partial charge in [0, 0.05) is 12.8 Å². The summed E-state index contributed by atoms with van der Waals surface area (Å²) in [4.78, 5) is 46.0. The number of phosphoric ester groups is 1. The van der Waals surface area contributed by atoms with E-state index in [2.05, 4.69) is 97.4 Å². The Hall–Kier alpha value is -3.34. The van der Waals surface area contributed by atoms with E-state index in [0.29, 0.717) is 19.3 Å². The first-order chi connectivity index (χ1) is 29.1. The fraction of sp³-hybridized carbons (Fsp3) is 0.646. The van der Waals surface area contributed by atoms with Gasteiger partial charge in [0.1, 0.15) is 12.6 Å². The summed E-state index contributed by atoms with van der Waals surface area (Å²) >= 11 is 0. The van der Waals surface area contributed by atoms with E-state index in [4.69, 9.17) is 24.8 Å². The molecule has 0 saturated carbocycles. The van der Waals surface area contributed by atoms with Gasteiger partial charge >= 0.3 is 25.7 Å². The Labute approximate surface area is 362 Å². The minimum atomic E-state index is -4.74. The monoisotopic (exact) mass is 862 g/mol. The highest BCUT2D eigenvalue weighted by atomic mass is 31.2. The van der Waals surface area contributed by atoms with E-state index in [-0.39, 0.29) is 19.4 Å². The van der Waals surface area contributed by atoms with Crippen molar-refractivity contribution in [2.75, 3.05) is 19.8 Å². The molecule has 0 saturated heterocycles. The Kier molecular flexibility index (Phi) is 40.0. The van der Waals surface area contributed by atoms with Gasteiger partial charge in [0.05, 0.1) is 13.2 Å². The van der Waals surface area contributed by atoms with Crippen molar-refractivity contribution < 1.29 is 47.5 Å². The number of aliphatic carboxylic acids is 1. The summed E-state index contributed by atoms with van der Waals surface area (Å²) in [6.07, 6.45) is 52.3. The van der Waals surface area contributed by atoms with Crippen LogP contribution in [0.1, 0.15) is 168 Å². The second-order valence-electron chi connectivity index (χ2n) is 14.8. The van der Waals surface area contributed by atoms with E-state index >= 15 is 0 Å². The first kappa shape index (κ1) is 56.7. The number of rotatable bonds is 41. The van der Waals surface area contributed by atoms with Crippen LogP contribution in [-0.4, -0.2) is 59.9 Å². The van der Waals surface area contributed by atoms with E-state index in [0.717, 1.165) is 64.2 Å². The zero-order valence-corrected chi connectivity index (χ0v) is 37.9. The predicted octanol–water partition coefficient (Wildman–Crippen LogP) is 12.3. The van der Waals surface area contributed by atoms with Crippen LogP contribution in [0.3, 0.4) is 0 Å². The summed E-state index contributed by atoms with van der Waals surface area (Å²) in [6, 6.07) is -1.54. The van der Waals surface area contributed by atoms with E-state index in [1.54, 1.807) is 0 Å². The summed E-state index contributed by atoms with van der Waals surface area (Å²) in [5, 5.41) is 8.90. The summed E-state index contributed by atoms with van der Waals surface area (Å²) in [6.45, 7) is 2.60. The van der Waals surface area contributed by atoms with Crippen molar-refractivity contribution in [3.05, 3.63) is 85.1 Å². The number of phosphoric acid groups is 1. The number of nitrogens with two attached hydrogens (primary N) is 1. The Balaban J connectivity index is 4.48. The maximum absolute atomic E-state index is 12.6. The molecular formula is C48H80NO10P. The molecule has 0 rings (SSSR count). The molecule has 60 heavy (non-hydrogen) atoms. The van der Waals surface area contributed by atoms with Crippen LogP contribution in [0, 0.1) is 0 Å². The molecule has 0 aliphatic carbocycles. The summed E-state index contributed by atoms with van der Waals surface area (Å²) in [5.74, 6) is -2.49. The topological polar surface area (TPSA) is 172 Å². The number of carbonyl (C=O) groups is 3. The maximum Gasteiger partial charge on any atom is 0.472 e. The third-order valence-corrected chi connectivity index (χ3v) is 10.1. The van der Waals surface area contributed by atoms with Crippen LogP contribution in [0.5, 0.6) is 0 Å². The summed E-state index contributed by atoms with van der Waals surface area (Å²) in [7, 11) is -4.74. The molecule has 4 N–H and O–H groups in total. The van der Waals surface area contributed by atoms with Crippen molar-refractivity contribution in [2.45, 2.75) is 180 Å². The summed E-state index contributed by atoms with van der Waals surface area (Å²) in [5.41, 5.74) is 5.33. The molecule has 0 aliphatic heterocycles. The third-order valence-electron chi connectivity index (χ3n) is 9.13. The number of unbranched alkanes of at least 4 members (excludes halogenated alkanes) is 13. The number of hydrogen-bond donors (Lipinski definition) is 3. The van der Waals surface area contributed by atoms with E-state index in [1.165, 1.54) is 57.8 Å². The number of carbonyl (C=O) groups excluding carboxylic acids is 2. The van der Waals surface area contributed by atoms with Gasteiger partial charge in [-0.3, -0.25) is 23.4 Å². The highest BCUT2D eigenvalue weighted by molar-refractivity contribution is 7.47. The Bertz CT molecular complexity index is 1340. The maximum atomic E-state index is 12.6. The third kappa shape index (κ3) is 41.4. The fourth-order valence-corrected chi connectivity index (χ4v) is 6.38. The molecule has 1 unspecified atom stereocenters. The number of carboxylic acids is 1. The lowest BCUT2D eigenvalue weighted by molar-refractivity contribution is -0.161. The molecule has 11 nitrogen and oxygen atoms in total. The van der Waals surface area contributed by atoms with E-state index < -0.39 is 51.1 Å². The molecule has 0 heterocycles. The van der Waals surface area contributed by atoms with Gasteiger partial charge in [-0.15, -0.1) is 0 Å². The zero-order chi connectivity index (χ0) is 44.2. The minimum Gasteiger partial charge on any atom is -0.480 e. The largest absolute Gasteiger partial charge is 0.480 e. The molecule has 0 aromatic heterocycles. The normalized spacial score (nSPS) is 14.5. The van der Waals surface area contributed by atoms with Crippen LogP contribution in [0.15, 0.2) is 85.1 Å². The molecule has 3 atom stereocenters. The van der Waals surface area contributed by atoms with Crippen LogP contribution in [0.4, 0.5) is 0 Å². The van der Waals surface area contributed by atoms with Crippen molar-refractivity contribution in [3.63, 3.8) is 0 Å². The van der Waals surface area contributed by atoms with Crippen LogP contribution < -0.4 is 5.73 Å². The number of allylic oxidation sites excluding steroid dienone is 14. The van der Waals surface area contributed by atoms with Gasteiger partial charge in [0.2, 0.25) is 0 Å². The number of hydrogen-bond acceptors (Lipinski definition) is 9. The van der Waals surface area contributed by atoms with Crippen molar-refractivity contribution in [1.29, 1.82) is 0 Å². The van der Waals surface area contributed by atoms with Crippen LogP contribution in [0.25, 0.3) is 0 Å². The molecule has 0 amide bonds. The molecule has 0 aromatic rings. The van der Waals surface area contributed by atoms with Crippen molar-refractivity contribution >= 4 is 25.7 Å². The van der Waals surface area contributed by atoms with Crippen LogP contribution in [0.2, 0.25) is 0 Å². The second kappa shape index (κ2) is 42.4. The minimum absolute atomic E-state index is 0.0852. The quantitative estimate of drug-likeness (QED) is 0.0231. The van der Waals surface area contributed by atoms with Gasteiger partial charge < -0.3 is 25.2 Å². The smallest absolute Gasteiger partial charge is 0.472 e. The number of esters is 2. The van der Waals surface area contributed by atoms with E-state index in [1.807, 2.05) is 6.08 Å². The van der Waals surface area contributed by atoms with Crippen molar-refractivity contribution in [1.82, 2.24) is 0 Å². The van der Waals surface area contributed by atoms with Gasteiger partial charge in [-0.25, -0.2) is 4.57 Å². The number of carboxylic acid groups (broad SMARTS) is 1. The van der Waals surface area contributed by atoms with Crippen LogP contribution in [-0.2, 0) is 37.5 Å². The predicted molar refractivity (Wildman–Crippen MR) is 244 cm³/mol. The lowest BCUT2D eigenvalue weighted by atomic mass is 10.1. The Morgan fingerprint density at radius 2 is 0.950 bits per heavy atom. The SMILES string of the molecule is CC/C=C/C/C=C/C/C=C/C/C=C/C/C=C/CCCCCC(=O)OC[C@H](COP(=O)(O)OC[C@H](N)C(=O)O)OC(=O)CCC/C=C/C/C=C/CCCCCCCCCCC. The van der Waals surface area contributed by atoms with Gasteiger partial charge in [-0.2, -0.15) is 0 Å². The van der Waals surface area contributed by atoms with Crippen molar-refractivity contribution in [3.8, 4) is 0 Å². The van der Waals surface area contributed by atoms with Crippen molar-refractivity contribution in [2.24, 2.45) is 5.73 Å². The Morgan fingerprint density at radius 1 is 0.533 bits per heavy atom. The lowest BCUT2D eigenvalue weighted by Crippen LogP contribution is -2.34. The fourth-order valence-electron chi connectivity index (χ4n) is 5.60. The second-order valence-corrected chi connectivity index (χ2v) is 16.2. The van der Waals surface area contributed by atoms with Gasteiger partial charge in [0.25, 0.3) is 0 Å².